The van der Waals surface area contributed by atoms with Crippen molar-refractivity contribution in [3.63, 3.8) is 0 Å². The number of carbonyl (C=O) groups is 2. The Kier molecular flexibility index (Phi) is 9.54. The number of halogens is 1. The molecule has 0 spiro atoms. The molecule has 4 rings (SSSR count). The summed E-state index contributed by atoms with van der Waals surface area (Å²) in [5.74, 6) is 0.251. The van der Waals surface area contributed by atoms with E-state index in [4.69, 9.17) is 19.1 Å². The van der Waals surface area contributed by atoms with Gasteiger partial charge in [-0.05, 0) is 6.42 Å². The molecular weight excluding hydrogens is 509 g/mol. The average molecular weight is 543 g/mol. The first-order valence-corrected chi connectivity index (χ1v) is 13.7. The van der Waals surface area contributed by atoms with Crippen LogP contribution in [0.2, 0.25) is 5.02 Å². The summed E-state index contributed by atoms with van der Waals surface area (Å²) in [7, 11) is 6.29. The normalized spacial score (nSPS) is 15.1. The van der Waals surface area contributed by atoms with Gasteiger partial charge in [-0.25, -0.2) is 0 Å². The predicted octanol–water partition coefficient (Wildman–Crippen LogP) is 4.89. The number of anilines is 2. The maximum absolute atomic E-state index is 13.8. The Morgan fingerprint density at radius 3 is 2.54 bits per heavy atom. The van der Waals surface area contributed by atoms with Crippen LogP contribution in [0.3, 0.4) is 0 Å². The van der Waals surface area contributed by atoms with E-state index in [1.165, 1.54) is 0 Å². The summed E-state index contributed by atoms with van der Waals surface area (Å²) in [4.78, 5) is 35.5. The summed E-state index contributed by atoms with van der Waals surface area (Å²) in [5, 5.41) is 6.53. The van der Waals surface area contributed by atoms with Crippen LogP contribution in [0.15, 0.2) is 60.8 Å². The second kappa shape index (κ2) is 13.0. The number of carbonyl (C=O) groups excluding carboxylic acids is 2. The van der Waals surface area contributed by atoms with E-state index in [1.807, 2.05) is 43.3 Å². The number of amides is 2. The van der Waals surface area contributed by atoms with E-state index in [9.17, 15) is 9.59 Å². The Morgan fingerprint density at radius 1 is 1.10 bits per heavy atom. The molecule has 0 fully saturated rings. The number of benzene rings is 2. The van der Waals surface area contributed by atoms with Gasteiger partial charge in [-0.1, -0.05) is 25.4 Å². The van der Waals surface area contributed by atoms with Crippen molar-refractivity contribution in [3.05, 3.63) is 88.1 Å². The van der Waals surface area contributed by atoms with Crippen molar-refractivity contribution in [3.8, 4) is 0 Å². The molecule has 3 aromatic rings. The molecule has 0 aliphatic carbocycles. The third-order valence-electron chi connectivity index (χ3n) is 6.91. The van der Waals surface area contributed by atoms with Gasteiger partial charge in [0.05, 0.1) is 0 Å². The van der Waals surface area contributed by atoms with E-state index < -0.39 is 6.04 Å². The van der Waals surface area contributed by atoms with Gasteiger partial charge in [0.25, 0.3) is 0 Å². The molecule has 2 N–H and O–H groups in total. The number of fused-ring (bicyclic) bond motifs is 1. The molecule has 1 radical (unpaired) electrons. The monoisotopic (exact) mass is 542 g/mol. The number of pyridine rings is 1. The summed E-state index contributed by atoms with van der Waals surface area (Å²) >= 11 is 6.18. The van der Waals surface area contributed by atoms with Crippen LogP contribution in [0, 0.1) is 6.92 Å². The second-order valence-corrected chi connectivity index (χ2v) is 10.2. The minimum absolute atomic E-state index is 0.203. The molecule has 0 saturated carbocycles. The van der Waals surface area contributed by atoms with Crippen LogP contribution in [0.25, 0.3) is 0 Å². The van der Waals surface area contributed by atoms with Gasteiger partial charge in [0.1, 0.15) is 0 Å². The third-order valence-corrected chi connectivity index (χ3v) is 7.14. The van der Waals surface area contributed by atoms with Crippen molar-refractivity contribution in [2.24, 2.45) is 0 Å². The van der Waals surface area contributed by atoms with Gasteiger partial charge in [-0.2, -0.15) is 0 Å². The van der Waals surface area contributed by atoms with Gasteiger partial charge >= 0.3 is 205 Å². The first-order chi connectivity index (χ1) is 18.8. The Labute approximate surface area is 236 Å². The summed E-state index contributed by atoms with van der Waals surface area (Å²) in [6, 6.07) is 15.8. The number of hydrogen-bond donors (Lipinski definition) is 2. The topological polar surface area (TPSA) is 77.6 Å². The van der Waals surface area contributed by atoms with Crippen LogP contribution >= 0.6 is 11.6 Å². The number of aromatic nitrogens is 1. The van der Waals surface area contributed by atoms with Crippen molar-refractivity contribution in [1.29, 1.82) is 0 Å². The maximum atomic E-state index is 13.8. The van der Waals surface area contributed by atoms with E-state index in [1.54, 1.807) is 29.3 Å². The molecule has 201 valence electrons. The molecule has 0 bridgehead atoms. The van der Waals surface area contributed by atoms with Gasteiger partial charge in [0, 0.05) is 0 Å². The quantitative estimate of drug-likeness (QED) is 0.338. The van der Waals surface area contributed by atoms with E-state index in [0.29, 0.717) is 40.6 Å². The molecule has 1 aliphatic heterocycles. The average Bonchev–Trinajstić information content (AvgIpc) is 3.01. The zero-order valence-corrected chi connectivity index (χ0v) is 23.5. The standard InChI is InChI=1S/C30H34BClN5O2/c1-4-15-36(5-2)16-14-26-29(38)34-25-17-23(32)11-12-24(25)30(39)37(26)19-21-7-9-22(10-8-21)28(31)35-27-13-6-20(3)18-33-27/h6-13,17-18,26H,4-5,14-16,19H2,1-3H3,(H,33,35)(H,34,38)/t26-/m1/s1. The zero-order valence-electron chi connectivity index (χ0n) is 22.7. The summed E-state index contributed by atoms with van der Waals surface area (Å²) in [5.41, 5.74) is 4.11. The van der Waals surface area contributed by atoms with Gasteiger partial charge in [-0.3, -0.25) is 0 Å². The van der Waals surface area contributed by atoms with Crippen LogP contribution in [0.1, 0.15) is 53.7 Å². The first kappa shape index (κ1) is 28.5. The molecule has 2 aromatic carbocycles. The summed E-state index contributed by atoms with van der Waals surface area (Å²) < 4.78 is 0. The van der Waals surface area contributed by atoms with E-state index >= 15 is 0 Å². The number of hydrogen-bond acceptors (Lipinski definition) is 5. The second-order valence-electron chi connectivity index (χ2n) is 9.81. The van der Waals surface area contributed by atoms with Crippen LogP contribution in [0.5, 0.6) is 0 Å². The van der Waals surface area contributed by atoms with Crippen molar-refractivity contribution >= 4 is 48.0 Å². The molecule has 2 heterocycles. The van der Waals surface area contributed by atoms with Gasteiger partial charge in [0.2, 0.25) is 0 Å². The Balaban J connectivity index is 1.56. The molecule has 9 heteroatoms. The molecule has 2 amide bonds. The fraction of sp³-hybridized carbons (Fsp3) is 0.333. The van der Waals surface area contributed by atoms with Crippen LogP contribution in [0.4, 0.5) is 11.5 Å². The van der Waals surface area contributed by atoms with Gasteiger partial charge in [0.15, 0.2) is 0 Å². The molecule has 1 aliphatic rings. The molecule has 0 saturated heterocycles. The Morgan fingerprint density at radius 2 is 1.87 bits per heavy atom. The number of nitrogens with zero attached hydrogens (tertiary/aromatic N) is 3. The molecule has 1 aromatic heterocycles. The first-order valence-electron chi connectivity index (χ1n) is 13.3. The zero-order chi connectivity index (χ0) is 27.9. The van der Waals surface area contributed by atoms with Crippen LogP contribution in [-0.4, -0.2) is 65.3 Å². The number of rotatable bonds is 11. The van der Waals surface area contributed by atoms with Crippen LogP contribution < -0.4 is 10.6 Å². The van der Waals surface area contributed by atoms with Crippen LogP contribution in [-0.2, 0) is 11.3 Å². The summed E-state index contributed by atoms with van der Waals surface area (Å²) in [6.45, 7) is 9.05. The van der Waals surface area contributed by atoms with Gasteiger partial charge in [-0.15, -0.1) is 0 Å². The minimum atomic E-state index is -0.625. The van der Waals surface area contributed by atoms with E-state index in [0.717, 1.165) is 36.2 Å². The summed E-state index contributed by atoms with van der Waals surface area (Å²) in [6.07, 6.45) is 3.33. The predicted molar refractivity (Wildman–Crippen MR) is 160 cm³/mol. The Hall–Kier alpha value is -3.49. The van der Waals surface area contributed by atoms with Crippen molar-refractivity contribution in [2.45, 2.75) is 46.2 Å². The number of nitrogens with one attached hydrogen (secondary N) is 2. The fourth-order valence-corrected chi connectivity index (χ4v) is 4.89. The van der Waals surface area contributed by atoms with Crippen molar-refractivity contribution in [2.75, 3.05) is 30.3 Å². The molecule has 39 heavy (non-hydrogen) atoms. The molecule has 1 atom stereocenters. The molecular formula is C30H34BClN5O2. The Bertz CT molecular complexity index is 1330. The SMILES string of the molecule is [B]=C(Nc1ccc(C)cn1)c1ccc(CN2C(=O)c3ccc(Cl)cc3NC(=O)[C@H]2CCN(CC)CCC)cc1. The molecule has 7 nitrogen and oxygen atoms in total. The third kappa shape index (κ3) is 7.13. The van der Waals surface area contributed by atoms with E-state index in [2.05, 4.69) is 34.4 Å². The van der Waals surface area contributed by atoms with Gasteiger partial charge < -0.3 is 0 Å². The number of aryl methyl sites for hydroxylation is 1. The fourth-order valence-electron chi connectivity index (χ4n) is 4.72. The van der Waals surface area contributed by atoms with Crippen molar-refractivity contribution in [1.82, 2.24) is 14.8 Å². The molecule has 0 unspecified atom stereocenters. The van der Waals surface area contributed by atoms with Crippen molar-refractivity contribution < 1.29 is 9.59 Å². The van der Waals surface area contributed by atoms with E-state index in [-0.39, 0.29) is 18.4 Å².